The molecule has 6 nitrogen and oxygen atoms in total. The highest BCUT2D eigenvalue weighted by Gasteiger charge is 2.32. The van der Waals surface area contributed by atoms with Gasteiger partial charge in [-0.05, 0) is 29.3 Å². The van der Waals surface area contributed by atoms with Crippen molar-refractivity contribution in [2.24, 2.45) is 0 Å². The van der Waals surface area contributed by atoms with Crippen molar-refractivity contribution in [1.82, 2.24) is 10.3 Å². The number of nitrogens with one attached hydrogen (secondary N) is 1. The second kappa shape index (κ2) is 9.49. The standard InChI is InChI=1S/C22H20FN3O3S2/c1-14(27)25-11-18-12-26(22(28)29-18)17-6-7-19(20(23)10-17)16-4-2-15(3-5-16)13-31-21-24-8-9-30-21/h2-10,18H,11-13H2,1H3,(H,25,27). The van der Waals surface area contributed by atoms with E-state index in [4.69, 9.17) is 4.74 Å². The van der Waals surface area contributed by atoms with E-state index in [2.05, 4.69) is 10.3 Å². The summed E-state index contributed by atoms with van der Waals surface area (Å²) in [5.41, 5.74) is 2.78. The van der Waals surface area contributed by atoms with Crippen molar-refractivity contribution in [1.29, 1.82) is 0 Å². The normalized spacial score (nSPS) is 15.7. The number of anilines is 1. The molecule has 1 atom stereocenters. The molecule has 0 aliphatic carbocycles. The zero-order valence-corrected chi connectivity index (χ0v) is 18.3. The van der Waals surface area contributed by atoms with Crippen LogP contribution in [0.3, 0.4) is 0 Å². The molecule has 160 valence electrons. The number of carbonyl (C=O) groups excluding carboxylic acids is 2. The number of thioether (sulfide) groups is 1. The van der Waals surface area contributed by atoms with Crippen molar-refractivity contribution < 1.29 is 18.7 Å². The fourth-order valence-corrected chi connectivity index (χ4v) is 4.80. The maximum atomic E-state index is 14.9. The summed E-state index contributed by atoms with van der Waals surface area (Å²) in [7, 11) is 0. The van der Waals surface area contributed by atoms with Crippen molar-refractivity contribution in [3.05, 3.63) is 65.4 Å². The average Bonchev–Trinajstić information content (AvgIpc) is 3.41. The van der Waals surface area contributed by atoms with Gasteiger partial charge in [0.05, 0.1) is 18.8 Å². The molecule has 3 aromatic rings. The third kappa shape index (κ3) is 5.23. The van der Waals surface area contributed by atoms with Crippen LogP contribution in [0.4, 0.5) is 14.9 Å². The summed E-state index contributed by atoms with van der Waals surface area (Å²) in [5.74, 6) is 0.185. The van der Waals surface area contributed by atoms with Crippen LogP contribution >= 0.6 is 23.1 Å². The van der Waals surface area contributed by atoms with E-state index in [1.807, 2.05) is 29.6 Å². The molecule has 1 fully saturated rings. The zero-order chi connectivity index (χ0) is 21.8. The lowest BCUT2D eigenvalue weighted by Crippen LogP contribution is -2.33. The van der Waals surface area contributed by atoms with Crippen LogP contribution in [0.2, 0.25) is 0 Å². The number of thiazole rings is 1. The number of nitrogens with zero attached hydrogens (tertiary/aromatic N) is 2. The van der Waals surface area contributed by atoms with E-state index in [-0.39, 0.29) is 19.0 Å². The van der Waals surface area contributed by atoms with Gasteiger partial charge in [0.25, 0.3) is 0 Å². The van der Waals surface area contributed by atoms with Gasteiger partial charge in [-0.25, -0.2) is 14.2 Å². The molecule has 0 radical (unpaired) electrons. The van der Waals surface area contributed by atoms with Crippen LogP contribution in [-0.2, 0) is 15.3 Å². The second-order valence-electron chi connectivity index (χ2n) is 7.00. The molecule has 1 unspecified atom stereocenters. The third-order valence-corrected chi connectivity index (χ3v) is 6.79. The first-order valence-electron chi connectivity index (χ1n) is 9.63. The molecule has 1 saturated heterocycles. The molecule has 1 aliphatic rings. The molecular weight excluding hydrogens is 437 g/mol. The van der Waals surface area contributed by atoms with Gasteiger partial charge < -0.3 is 10.1 Å². The summed E-state index contributed by atoms with van der Waals surface area (Å²) in [6.45, 7) is 1.88. The lowest BCUT2D eigenvalue weighted by Gasteiger charge is -2.14. The minimum absolute atomic E-state index is 0.197. The van der Waals surface area contributed by atoms with Gasteiger partial charge in [-0.3, -0.25) is 9.69 Å². The summed E-state index contributed by atoms with van der Waals surface area (Å²) >= 11 is 3.27. The Morgan fingerprint density at radius 3 is 2.81 bits per heavy atom. The molecule has 1 aliphatic heterocycles. The fourth-order valence-electron chi connectivity index (χ4n) is 3.21. The van der Waals surface area contributed by atoms with Crippen LogP contribution < -0.4 is 10.2 Å². The summed E-state index contributed by atoms with van der Waals surface area (Å²) in [6, 6.07) is 12.4. The maximum Gasteiger partial charge on any atom is 0.414 e. The lowest BCUT2D eigenvalue weighted by atomic mass is 10.0. The molecule has 31 heavy (non-hydrogen) atoms. The highest BCUT2D eigenvalue weighted by molar-refractivity contribution is 8.00. The van der Waals surface area contributed by atoms with Crippen LogP contribution in [0.25, 0.3) is 11.1 Å². The van der Waals surface area contributed by atoms with E-state index in [9.17, 15) is 14.0 Å². The number of aromatic nitrogens is 1. The van der Waals surface area contributed by atoms with Crippen LogP contribution in [-0.4, -0.2) is 36.2 Å². The number of amides is 2. The van der Waals surface area contributed by atoms with Crippen molar-refractivity contribution in [3.8, 4) is 11.1 Å². The maximum absolute atomic E-state index is 14.9. The first-order chi connectivity index (χ1) is 15.0. The number of halogens is 1. The monoisotopic (exact) mass is 457 g/mol. The predicted molar refractivity (Wildman–Crippen MR) is 120 cm³/mol. The quantitative estimate of drug-likeness (QED) is 0.521. The van der Waals surface area contributed by atoms with Crippen molar-refractivity contribution in [3.63, 3.8) is 0 Å². The highest BCUT2D eigenvalue weighted by atomic mass is 32.2. The molecule has 0 saturated carbocycles. The number of rotatable bonds is 7. The summed E-state index contributed by atoms with van der Waals surface area (Å²) in [5, 5.41) is 4.57. The van der Waals surface area contributed by atoms with E-state index in [1.165, 1.54) is 17.9 Å². The smallest absolute Gasteiger partial charge is 0.414 e. The van der Waals surface area contributed by atoms with Crippen LogP contribution in [0.15, 0.2) is 58.4 Å². The Morgan fingerprint density at radius 2 is 2.13 bits per heavy atom. The van der Waals surface area contributed by atoms with E-state index in [1.54, 1.807) is 41.4 Å². The molecule has 2 heterocycles. The second-order valence-corrected chi connectivity index (χ2v) is 9.12. The van der Waals surface area contributed by atoms with E-state index >= 15 is 0 Å². The van der Waals surface area contributed by atoms with Gasteiger partial charge in [0.2, 0.25) is 5.91 Å². The van der Waals surface area contributed by atoms with Gasteiger partial charge in [-0.1, -0.05) is 36.0 Å². The first kappa shape index (κ1) is 21.3. The number of cyclic esters (lactones) is 1. The van der Waals surface area contributed by atoms with Gasteiger partial charge in [-0.15, -0.1) is 11.3 Å². The van der Waals surface area contributed by atoms with Gasteiger partial charge in [0.1, 0.15) is 16.3 Å². The third-order valence-electron chi connectivity index (χ3n) is 4.75. The topological polar surface area (TPSA) is 71.5 Å². The molecule has 4 rings (SSSR count). The molecule has 0 bridgehead atoms. The Kier molecular flexibility index (Phi) is 6.53. The van der Waals surface area contributed by atoms with Crippen LogP contribution in [0.5, 0.6) is 0 Å². The Balaban J connectivity index is 1.42. The van der Waals surface area contributed by atoms with Crippen molar-refractivity contribution in [2.45, 2.75) is 23.1 Å². The molecule has 2 aromatic carbocycles. The van der Waals surface area contributed by atoms with Gasteiger partial charge in [0, 0.05) is 29.8 Å². The zero-order valence-electron chi connectivity index (χ0n) is 16.7. The summed E-state index contributed by atoms with van der Waals surface area (Å²) in [6.07, 6.45) is 0.770. The molecule has 1 N–H and O–H groups in total. The Hall–Kier alpha value is -2.91. The van der Waals surface area contributed by atoms with E-state index in [0.717, 1.165) is 21.2 Å². The van der Waals surface area contributed by atoms with E-state index < -0.39 is 18.0 Å². The summed E-state index contributed by atoms with van der Waals surface area (Å²) in [4.78, 5) is 28.8. The largest absolute Gasteiger partial charge is 0.442 e. The minimum Gasteiger partial charge on any atom is -0.442 e. The SMILES string of the molecule is CC(=O)NCC1CN(c2ccc(-c3ccc(CSc4nccs4)cc3)c(F)c2)C(=O)O1. The summed E-state index contributed by atoms with van der Waals surface area (Å²) < 4.78 is 21.1. The highest BCUT2D eigenvalue weighted by Crippen LogP contribution is 2.30. The lowest BCUT2D eigenvalue weighted by molar-refractivity contribution is -0.119. The number of benzene rings is 2. The average molecular weight is 458 g/mol. The predicted octanol–water partition coefficient (Wildman–Crippen LogP) is 4.70. The fraction of sp³-hybridized carbons (Fsp3) is 0.227. The van der Waals surface area contributed by atoms with Gasteiger partial charge in [0.15, 0.2) is 0 Å². The first-order valence-corrected chi connectivity index (χ1v) is 11.5. The Labute approximate surface area is 187 Å². The number of hydrogen-bond donors (Lipinski definition) is 1. The van der Waals surface area contributed by atoms with E-state index in [0.29, 0.717) is 11.3 Å². The Bertz CT molecular complexity index is 1070. The van der Waals surface area contributed by atoms with Gasteiger partial charge >= 0.3 is 6.09 Å². The molecule has 2 amide bonds. The number of ether oxygens (including phenoxy) is 1. The van der Waals surface area contributed by atoms with Crippen molar-refractivity contribution >= 4 is 40.8 Å². The molecule has 9 heteroatoms. The molecular formula is C22H20FN3O3S2. The van der Waals surface area contributed by atoms with Crippen molar-refractivity contribution in [2.75, 3.05) is 18.0 Å². The van der Waals surface area contributed by atoms with Crippen LogP contribution in [0, 0.1) is 5.82 Å². The molecule has 1 aromatic heterocycles. The molecule has 0 spiro atoms. The van der Waals surface area contributed by atoms with Crippen LogP contribution in [0.1, 0.15) is 12.5 Å². The Morgan fingerprint density at radius 1 is 1.32 bits per heavy atom. The minimum atomic E-state index is -0.551. The number of hydrogen-bond acceptors (Lipinski definition) is 6. The number of carbonyl (C=O) groups is 2. The van der Waals surface area contributed by atoms with Gasteiger partial charge in [-0.2, -0.15) is 0 Å².